The van der Waals surface area contributed by atoms with Gasteiger partial charge in [-0.15, -0.1) is 0 Å². The van der Waals surface area contributed by atoms with Gasteiger partial charge in [-0.05, 0) is 45.5 Å². The van der Waals surface area contributed by atoms with Gasteiger partial charge in [0.25, 0.3) is 0 Å². The second kappa shape index (κ2) is 10.8. The average Bonchev–Trinajstić information content (AvgIpc) is 3.27. The highest BCUT2D eigenvalue weighted by Crippen LogP contribution is 2.28. The number of amides is 2. The lowest BCUT2D eigenvalue weighted by Gasteiger charge is -2.36. The Kier molecular flexibility index (Phi) is 8.09. The molecule has 1 saturated heterocycles. The third kappa shape index (κ3) is 6.90. The van der Waals surface area contributed by atoms with Gasteiger partial charge in [0.2, 0.25) is 5.91 Å². The summed E-state index contributed by atoms with van der Waals surface area (Å²) in [6.07, 6.45) is 3.97. The van der Waals surface area contributed by atoms with Crippen LogP contribution in [0.5, 0.6) is 0 Å². The topological polar surface area (TPSA) is 101 Å². The van der Waals surface area contributed by atoms with Crippen molar-refractivity contribution < 1.29 is 23.9 Å². The van der Waals surface area contributed by atoms with Gasteiger partial charge >= 0.3 is 12.1 Å². The van der Waals surface area contributed by atoms with Crippen molar-refractivity contribution >= 4 is 24.2 Å². The standard InChI is InChI=1S/C25H34N4O5/c1-24(2,3)34-22(31)25(11-8-12-26-25)17-20(21(30)29-15-13-28(4)14-16-29)27-23(32)33-18-19-9-6-5-7-10-19/h5-12,20H,13-18H2,1-4H3,(H,27,32)/t20-,25?/m0/s1. The first-order valence-corrected chi connectivity index (χ1v) is 11.5. The van der Waals surface area contributed by atoms with E-state index in [1.165, 1.54) is 6.21 Å². The van der Waals surface area contributed by atoms with Crippen LogP contribution in [0.1, 0.15) is 32.8 Å². The summed E-state index contributed by atoms with van der Waals surface area (Å²) >= 11 is 0. The molecule has 1 aromatic rings. The van der Waals surface area contributed by atoms with Gasteiger partial charge in [0.15, 0.2) is 5.54 Å². The average molecular weight is 471 g/mol. The second-order valence-electron chi connectivity index (χ2n) is 9.65. The number of carbonyl (C=O) groups is 3. The lowest BCUT2D eigenvalue weighted by Crippen LogP contribution is -2.57. The van der Waals surface area contributed by atoms with Crippen LogP contribution in [0, 0.1) is 0 Å². The van der Waals surface area contributed by atoms with Gasteiger partial charge in [0, 0.05) is 38.8 Å². The van der Waals surface area contributed by atoms with E-state index in [9.17, 15) is 14.4 Å². The molecule has 1 unspecified atom stereocenters. The monoisotopic (exact) mass is 470 g/mol. The number of piperazine rings is 1. The van der Waals surface area contributed by atoms with Crippen LogP contribution >= 0.6 is 0 Å². The van der Waals surface area contributed by atoms with Crippen LogP contribution in [0.25, 0.3) is 0 Å². The molecule has 3 rings (SSSR count). The van der Waals surface area contributed by atoms with Crippen molar-refractivity contribution in [2.75, 3.05) is 33.2 Å². The molecule has 2 aliphatic rings. The van der Waals surface area contributed by atoms with Crippen LogP contribution in [0.3, 0.4) is 0 Å². The number of nitrogens with zero attached hydrogens (tertiary/aromatic N) is 3. The highest BCUT2D eigenvalue weighted by atomic mass is 16.6. The Labute approximate surface area is 200 Å². The number of ether oxygens (including phenoxy) is 2. The molecule has 0 radical (unpaired) electrons. The highest BCUT2D eigenvalue weighted by molar-refractivity contribution is 5.93. The first kappa shape index (κ1) is 25.4. The molecular formula is C25H34N4O5. The summed E-state index contributed by atoms with van der Waals surface area (Å²) in [4.78, 5) is 47.4. The lowest BCUT2D eigenvalue weighted by atomic mass is 9.91. The highest BCUT2D eigenvalue weighted by Gasteiger charge is 2.45. The molecule has 0 saturated carbocycles. The number of esters is 1. The predicted octanol–water partition coefficient (Wildman–Crippen LogP) is 2.17. The van der Waals surface area contributed by atoms with E-state index in [1.54, 1.807) is 37.8 Å². The van der Waals surface area contributed by atoms with Crippen molar-refractivity contribution in [2.45, 2.75) is 51.0 Å². The van der Waals surface area contributed by atoms with Gasteiger partial charge in [-0.3, -0.25) is 9.79 Å². The number of carbonyl (C=O) groups excluding carboxylic acids is 3. The summed E-state index contributed by atoms with van der Waals surface area (Å²) in [6, 6.07) is 8.25. The van der Waals surface area contributed by atoms with Crippen LogP contribution in [0.15, 0.2) is 47.5 Å². The smallest absolute Gasteiger partial charge is 0.408 e. The maximum Gasteiger partial charge on any atom is 0.408 e. The van der Waals surface area contributed by atoms with Crippen LogP contribution in [0.4, 0.5) is 4.79 Å². The Morgan fingerprint density at radius 3 is 2.38 bits per heavy atom. The van der Waals surface area contributed by atoms with Crippen LogP contribution in [-0.4, -0.2) is 84.4 Å². The molecule has 0 aromatic heterocycles. The Hall–Kier alpha value is -3.20. The molecule has 2 amide bonds. The summed E-state index contributed by atoms with van der Waals surface area (Å²) in [6.45, 7) is 7.90. The van der Waals surface area contributed by atoms with E-state index in [4.69, 9.17) is 9.47 Å². The van der Waals surface area contributed by atoms with Gasteiger partial charge in [0.05, 0.1) is 0 Å². The van der Waals surface area contributed by atoms with Gasteiger partial charge in [-0.2, -0.15) is 0 Å². The molecule has 34 heavy (non-hydrogen) atoms. The lowest BCUT2D eigenvalue weighted by molar-refractivity contribution is -0.160. The van der Waals surface area contributed by atoms with Gasteiger partial charge in [0.1, 0.15) is 18.2 Å². The van der Waals surface area contributed by atoms with Crippen molar-refractivity contribution in [1.82, 2.24) is 15.1 Å². The number of benzene rings is 1. The van der Waals surface area contributed by atoms with Gasteiger partial charge < -0.3 is 24.6 Å². The molecule has 1 aromatic carbocycles. The van der Waals surface area contributed by atoms with E-state index >= 15 is 0 Å². The summed E-state index contributed by atoms with van der Waals surface area (Å²) in [5.74, 6) is -0.844. The Morgan fingerprint density at radius 2 is 1.79 bits per heavy atom. The third-order valence-electron chi connectivity index (χ3n) is 5.65. The largest absolute Gasteiger partial charge is 0.458 e. The number of allylic oxidation sites excluding steroid dienone is 1. The number of hydrogen-bond donors (Lipinski definition) is 1. The van der Waals surface area contributed by atoms with Gasteiger partial charge in [-0.1, -0.05) is 30.3 Å². The quantitative estimate of drug-likeness (QED) is 0.613. The van der Waals surface area contributed by atoms with Crippen molar-refractivity contribution in [3.8, 4) is 0 Å². The zero-order valence-electron chi connectivity index (χ0n) is 20.3. The summed E-state index contributed by atoms with van der Waals surface area (Å²) in [5, 5.41) is 2.68. The minimum absolute atomic E-state index is 0.0668. The normalized spacial score (nSPS) is 21.2. The van der Waals surface area contributed by atoms with Crippen molar-refractivity contribution in [3.05, 3.63) is 48.0 Å². The molecule has 0 bridgehead atoms. The number of hydrogen-bond acceptors (Lipinski definition) is 7. The zero-order chi connectivity index (χ0) is 24.8. The minimum Gasteiger partial charge on any atom is -0.458 e. The number of likely N-dealkylation sites (N-methyl/N-ethyl adjacent to an activating group) is 1. The van der Waals surface area contributed by atoms with E-state index < -0.39 is 29.2 Å². The van der Waals surface area contributed by atoms with Crippen molar-refractivity contribution in [3.63, 3.8) is 0 Å². The van der Waals surface area contributed by atoms with Crippen molar-refractivity contribution in [2.24, 2.45) is 4.99 Å². The molecule has 9 heteroatoms. The molecular weight excluding hydrogens is 436 g/mol. The van der Waals surface area contributed by atoms with E-state index in [0.717, 1.165) is 18.7 Å². The fourth-order valence-electron chi connectivity index (χ4n) is 3.78. The summed E-state index contributed by atoms with van der Waals surface area (Å²) < 4.78 is 10.9. The summed E-state index contributed by atoms with van der Waals surface area (Å²) in [7, 11) is 1.99. The maximum absolute atomic E-state index is 13.5. The van der Waals surface area contributed by atoms with Crippen molar-refractivity contribution in [1.29, 1.82) is 0 Å². The first-order valence-electron chi connectivity index (χ1n) is 11.5. The molecule has 0 aliphatic carbocycles. The molecule has 2 heterocycles. The Balaban J connectivity index is 1.76. The van der Waals surface area contributed by atoms with E-state index in [2.05, 4.69) is 15.2 Å². The number of rotatable bonds is 7. The van der Waals surface area contributed by atoms with Crippen LogP contribution in [0.2, 0.25) is 0 Å². The van der Waals surface area contributed by atoms with E-state index in [1.807, 2.05) is 37.4 Å². The zero-order valence-corrected chi connectivity index (χ0v) is 20.3. The van der Waals surface area contributed by atoms with E-state index in [-0.39, 0.29) is 18.9 Å². The molecule has 2 atom stereocenters. The maximum atomic E-state index is 13.5. The molecule has 1 N–H and O–H groups in total. The fraction of sp³-hybridized carbons (Fsp3) is 0.520. The van der Waals surface area contributed by atoms with Crippen LogP contribution in [-0.2, 0) is 25.7 Å². The predicted molar refractivity (Wildman–Crippen MR) is 128 cm³/mol. The molecule has 184 valence electrons. The van der Waals surface area contributed by atoms with E-state index in [0.29, 0.717) is 13.1 Å². The minimum atomic E-state index is -1.40. The Bertz CT molecular complexity index is 918. The number of nitrogens with one attached hydrogen (secondary N) is 1. The van der Waals surface area contributed by atoms with Gasteiger partial charge in [-0.25, -0.2) is 9.59 Å². The Morgan fingerprint density at radius 1 is 1.12 bits per heavy atom. The third-order valence-corrected chi connectivity index (χ3v) is 5.65. The fourth-order valence-corrected chi connectivity index (χ4v) is 3.78. The van der Waals surface area contributed by atoms with Crippen LogP contribution < -0.4 is 5.32 Å². The molecule has 1 fully saturated rings. The molecule has 2 aliphatic heterocycles. The first-order chi connectivity index (χ1) is 16.1. The summed E-state index contributed by atoms with van der Waals surface area (Å²) in [5.41, 5.74) is -1.30. The molecule has 0 spiro atoms. The molecule has 9 nitrogen and oxygen atoms in total. The SMILES string of the molecule is CN1CCN(C(=O)[C@H](CC2(C(=O)OC(C)(C)C)C=CC=N2)NC(=O)OCc2ccccc2)CC1. The second-order valence-corrected chi connectivity index (χ2v) is 9.65. The number of alkyl carbamates (subject to hydrolysis) is 1. The number of aliphatic imine (C=N–C) groups is 1.